The highest BCUT2D eigenvalue weighted by atomic mass is 35.5. The maximum atomic E-state index is 12.6. The van der Waals surface area contributed by atoms with E-state index in [0.29, 0.717) is 31.5 Å². The lowest BCUT2D eigenvalue weighted by Gasteiger charge is -2.43. The minimum absolute atomic E-state index is 0.176. The van der Waals surface area contributed by atoms with Crippen LogP contribution < -0.4 is 0 Å². The molecule has 2 heterocycles. The zero-order valence-electron chi connectivity index (χ0n) is 15.9. The summed E-state index contributed by atoms with van der Waals surface area (Å²) in [6, 6.07) is -0.176. The molecule has 1 aliphatic rings. The highest BCUT2D eigenvalue weighted by Crippen LogP contribution is 2.39. The van der Waals surface area contributed by atoms with Crippen molar-refractivity contribution in [2.75, 3.05) is 13.7 Å². The number of nitrogens with zero attached hydrogens (tertiary/aromatic N) is 3. The van der Waals surface area contributed by atoms with Crippen LogP contribution in [0.15, 0.2) is 12.4 Å². The van der Waals surface area contributed by atoms with Crippen molar-refractivity contribution in [3.8, 4) is 0 Å². The molecule has 8 heteroatoms. The van der Waals surface area contributed by atoms with Crippen LogP contribution in [0.2, 0.25) is 5.15 Å². The second kappa shape index (κ2) is 7.78. The van der Waals surface area contributed by atoms with E-state index in [4.69, 9.17) is 21.1 Å². The topological polar surface area (TPSA) is 81.6 Å². The number of likely N-dealkylation sites (tertiary alicyclic amines) is 1. The average Bonchev–Trinajstić information content (AvgIpc) is 2.52. The SMILES string of the molecule is COC(=O)[C@]1(Cc2cncc(Cl)n2)CCN(C(=O)OC(C)(C)C)[C@H](C)C1. The molecule has 7 nitrogen and oxygen atoms in total. The molecule has 0 aliphatic carbocycles. The molecule has 0 saturated carbocycles. The zero-order valence-corrected chi connectivity index (χ0v) is 16.7. The van der Waals surface area contributed by atoms with Crippen LogP contribution >= 0.6 is 11.6 Å². The summed E-state index contributed by atoms with van der Waals surface area (Å²) in [4.78, 5) is 35.0. The van der Waals surface area contributed by atoms with Gasteiger partial charge in [0.05, 0.1) is 24.4 Å². The monoisotopic (exact) mass is 383 g/mol. The number of hydrogen-bond donors (Lipinski definition) is 0. The van der Waals surface area contributed by atoms with Gasteiger partial charge in [0.15, 0.2) is 0 Å². The standard InChI is InChI=1S/C18H26ClN3O4/c1-12-8-18(15(23)25-5,9-13-10-20-11-14(19)21-13)6-7-22(12)16(24)26-17(2,3)4/h10-12H,6-9H2,1-5H3/t12-,18-/m1/s1. The van der Waals surface area contributed by atoms with Crippen molar-refractivity contribution in [1.29, 1.82) is 0 Å². The van der Waals surface area contributed by atoms with Gasteiger partial charge in [0.1, 0.15) is 10.8 Å². The first-order valence-corrected chi connectivity index (χ1v) is 8.98. The number of rotatable bonds is 3. The van der Waals surface area contributed by atoms with E-state index in [1.165, 1.54) is 13.3 Å². The van der Waals surface area contributed by atoms with E-state index >= 15 is 0 Å². The normalized spacial score (nSPS) is 23.5. The van der Waals surface area contributed by atoms with Gasteiger partial charge in [-0.05, 0) is 40.5 Å². The Bertz CT molecular complexity index is 677. The van der Waals surface area contributed by atoms with Crippen LogP contribution in [-0.2, 0) is 20.7 Å². The lowest BCUT2D eigenvalue weighted by atomic mass is 9.72. The van der Waals surface area contributed by atoms with Crippen molar-refractivity contribution in [3.05, 3.63) is 23.2 Å². The summed E-state index contributed by atoms with van der Waals surface area (Å²) in [5.74, 6) is -0.310. The summed E-state index contributed by atoms with van der Waals surface area (Å²) in [6.45, 7) is 7.80. The number of amides is 1. The van der Waals surface area contributed by atoms with Gasteiger partial charge in [-0.2, -0.15) is 0 Å². The fourth-order valence-corrected chi connectivity index (χ4v) is 3.54. The lowest BCUT2D eigenvalue weighted by Crippen LogP contribution is -2.53. The lowest BCUT2D eigenvalue weighted by molar-refractivity contribution is -0.157. The molecule has 0 spiro atoms. The number of ether oxygens (including phenoxy) is 2. The van der Waals surface area contributed by atoms with E-state index in [0.717, 1.165) is 0 Å². The van der Waals surface area contributed by atoms with Crippen molar-refractivity contribution in [2.45, 2.75) is 58.6 Å². The molecule has 144 valence electrons. The minimum atomic E-state index is -0.772. The van der Waals surface area contributed by atoms with Crippen LogP contribution in [0.5, 0.6) is 0 Å². The number of carbonyl (C=O) groups excluding carboxylic acids is 2. The molecule has 1 aromatic rings. The molecule has 2 atom stereocenters. The van der Waals surface area contributed by atoms with Crippen molar-refractivity contribution in [2.24, 2.45) is 5.41 Å². The van der Waals surface area contributed by atoms with Gasteiger partial charge in [-0.25, -0.2) is 9.78 Å². The Labute approximate surface area is 159 Å². The molecule has 1 amide bonds. The van der Waals surface area contributed by atoms with Gasteiger partial charge >= 0.3 is 12.1 Å². The smallest absolute Gasteiger partial charge is 0.410 e. The summed E-state index contributed by atoms with van der Waals surface area (Å²) in [6.07, 6.45) is 3.95. The summed E-state index contributed by atoms with van der Waals surface area (Å²) in [5, 5.41) is 0.279. The molecule has 0 unspecified atom stereocenters. The Balaban J connectivity index is 2.20. The van der Waals surface area contributed by atoms with E-state index in [2.05, 4.69) is 9.97 Å². The minimum Gasteiger partial charge on any atom is -0.469 e. The first-order valence-electron chi connectivity index (χ1n) is 8.61. The number of methoxy groups -OCH3 is 1. The van der Waals surface area contributed by atoms with Gasteiger partial charge in [0.25, 0.3) is 0 Å². The number of piperidine rings is 1. The molecule has 26 heavy (non-hydrogen) atoms. The number of esters is 1. The number of carbonyl (C=O) groups is 2. The molecule has 1 aliphatic heterocycles. The maximum Gasteiger partial charge on any atom is 0.410 e. The van der Waals surface area contributed by atoms with Gasteiger partial charge < -0.3 is 14.4 Å². The summed E-state index contributed by atoms with van der Waals surface area (Å²) in [7, 11) is 1.37. The summed E-state index contributed by atoms with van der Waals surface area (Å²) in [5.41, 5.74) is -0.711. The molecule has 1 saturated heterocycles. The molecule has 0 bridgehead atoms. The Kier molecular flexibility index (Phi) is 6.11. The Morgan fingerprint density at radius 3 is 2.62 bits per heavy atom. The average molecular weight is 384 g/mol. The molecule has 1 fully saturated rings. The predicted molar refractivity (Wildman–Crippen MR) is 96.8 cm³/mol. The maximum absolute atomic E-state index is 12.6. The van der Waals surface area contributed by atoms with Gasteiger partial charge in [-0.15, -0.1) is 0 Å². The fourth-order valence-electron chi connectivity index (χ4n) is 3.37. The Hall–Kier alpha value is -1.89. The third kappa shape index (κ3) is 4.84. The van der Waals surface area contributed by atoms with Gasteiger partial charge in [-0.1, -0.05) is 11.6 Å². The number of halogens is 1. The summed E-state index contributed by atoms with van der Waals surface area (Å²) < 4.78 is 10.5. The first kappa shape index (κ1) is 20.4. The largest absolute Gasteiger partial charge is 0.469 e. The zero-order chi connectivity index (χ0) is 19.5. The molecule has 0 radical (unpaired) electrons. The van der Waals surface area contributed by atoms with E-state index in [9.17, 15) is 9.59 Å². The quantitative estimate of drug-likeness (QED) is 0.745. The Morgan fingerprint density at radius 2 is 2.08 bits per heavy atom. The van der Waals surface area contributed by atoms with Gasteiger partial charge in [0.2, 0.25) is 0 Å². The van der Waals surface area contributed by atoms with E-state index < -0.39 is 11.0 Å². The van der Waals surface area contributed by atoms with Crippen LogP contribution in [0.4, 0.5) is 4.79 Å². The van der Waals surface area contributed by atoms with E-state index in [-0.39, 0.29) is 23.3 Å². The van der Waals surface area contributed by atoms with Crippen LogP contribution in [-0.4, -0.2) is 52.2 Å². The molecular weight excluding hydrogens is 358 g/mol. The second-order valence-corrected chi connectivity index (χ2v) is 8.15. The van der Waals surface area contributed by atoms with Crippen molar-refractivity contribution in [3.63, 3.8) is 0 Å². The molecular formula is C18H26ClN3O4. The number of hydrogen-bond acceptors (Lipinski definition) is 6. The molecule has 1 aromatic heterocycles. The third-order valence-corrected chi connectivity index (χ3v) is 4.65. The van der Waals surface area contributed by atoms with E-state index in [1.54, 1.807) is 11.1 Å². The van der Waals surface area contributed by atoms with Crippen LogP contribution in [0.1, 0.15) is 46.2 Å². The van der Waals surface area contributed by atoms with Crippen molar-refractivity contribution < 1.29 is 19.1 Å². The van der Waals surface area contributed by atoms with Crippen LogP contribution in [0, 0.1) is 5.41 Å². The second-order valence-electron chi connectivity index (χ2n) is 7.76. The first-order chi connectivity index (χ1) is 12.1. The third-order valence-electron chi connectivity index (χ3n) is 4.47. The van der Waals surface area contributed by atoms with Gasteiger partial charge in [-0.3, -0.25) is 9.78 Å². The predicted octanol–water partition coefficient (Wildman–Crippen LogP) is 3.25. The van der Waals surface area contributed by atoms with Crippen molar-refractivity contribution in [1.82, 2.24) is 14.9 Å². The molecule has 2 rings (SSSR count). The van der Waals surface area contributed by atoms with Crippen LogP contribution in [0.25, 0.3) is 0 Å². The van der Waals surface area contributed by atoms with Crippen LogP contribution in [0.3, 0.4) is 0 Å². The summed E-state index contributed by atoms with van der Waals surface area (Å²) >= 11 is 5.92. The Morgan fingerprint density at radius 1 is 1.38 bits per heavy atom. The highest BCUT2D eigenvalue weighted by Gasteiger charge is 2.47. The van der Waals surface area contributed by atoms with E-state index in [1.807, 2.05) is 27.7 Å². The number of aromatic nitrogens is 2. The molecule has 0 aromatic carbocycles. The van der Waals surface area contributed by atoms with Gasteiger partial charge in [0, 0.05) is 25.2 Å². The van der Waals surface area contributed by atoms with Crippen molar-refractivity contribution >= 4 is 23.7 Å². The highest BCUT2D eigenvalue weighted by molar-refractivity contribution is 6.29. The fraction of sp³-hybridized carbons (Fsp3) is 0.667. The molecule has 0 N–H and O–H groups in total.